The van der Waals surface area contributed by atoms with Gasteiger partial charge in [-0.2, -0.15) is 0 Å². The Labute approximate surface area is 86.8 Å². The predicted molar refractivity (Wildman–Crippen MR) is 63.6 cm³/mol. The number of rotatable bonds is 1. The first-order chi connectivity index (χ1) is 6.29. The smallest absolute Gasteiger partial charge is 0.158 e. The molecule has 0 atom stereocenters. The molecule has 78 valence electrons. The number of hydrogen-bond donors (Lipinski definition) is 0. The highest BCUT2D eigenvalue weighted by molar-refractivity contribution is 8.13. The van der Waals surface area contributed by atoms with Crippen LogP contribution in [0.2, 0.25) is 0 Å². The zero-order valence-corrected chi connectivity index (χ0v) is 10.2. The van der Waals surface area contributed by atoms with Crippen LogP contribution in [0.3, 0.4) is 0 Å². The molecule has 0 N–H and O–H groups in total. The normalized spacial score (nSPS) is 16.0. The Bertz CT molecular complexity index is 142. The quantitative estimate of drug-likeness (QED) is 0.480. The van der Waals surface area contributed by atoms with Gasteiger partial charge < -0.3 is 4.90 Å². The molecule has 13 heavy (non-hydrogen) atoms. The minimum absolute atomic E-state index is 1.13. The summed E-state index contributed by atoms with van der Waals surface area (Å²) >= 11 is 1.84. The fraction of sp³-hybridized carbons (Fsp3) is 0.900. The Morgan fingerprint density at radius 3 is 2.08 bits per heavy atom. The van der Waals surface area contributed by atoms with Crippen molar-refractivity contribution >= 4 is 16.9 Å². The van der Waals surface area contributed by atoms with E-state index in [1.807, 2.05) is 18.8 Å². The van der Waals surface area contributed by atoms with Crippen LogP contribution in [-0.2, 0) is 0 Å². The summed E-state index contributed by atoms with van der Waals surface area (Å²) in [6.45, 7) is 8.83. The molecule has 1 aliphatic rings. The monoisotopic (exact) mass is 202 g/mol. The average Bonchev–Trinajstić information content (AvgIpc) is 2.02. The van der Waals surface area contributed by atoms with Crippen LogP contribution < -0.4 is 0 Å². The van der Waals surface area contributed by atoms with Gasteiger partial charge in [-0.25, -0.2) is 0 Å². The molecule has 0 aliphatic carbocycles. The second-order valence-electron chi connectivity index (χ2n) is 2.99. The number of amidine groups is 1. The summed E-state index contributed by atoms with van der Waals surface area (Å²) in [7, 11) is 1.87. The van der Waals surface area contributed by atoms with E-state index in [0.29, 0.717) is 0 Å². The van der Waals surface area contributed by atoms with Crippen molar-refractivity contribution < 1.29 is 0 Å². The summed E-state index contributed by atoms with van der Waals surface area (Å²) < 4.78 is 0. The zero-order valence-electron chi connectivity index (χ0n) is 9.34. The van der Waals surface area contributed by atoms with E-state index in [-0.39, 0.29) is 0 Å². The maximum absolute atomic E-state index is 4.21. The van der Waals surface area contributed by atoms with Gasteiger partial charge in [0, 0.05) is 20.1 Å². The van der Waals surface area contributed by atoms with Gasteiger partial charge in [-0.3, -0.25) is 4.99 Å². The summed E-state index contributed by atoms with van der Waals surface area (Å²) in [5.41, 5.74) is 0. The van der Waals surface area contributed by atoms with Gasteiger partial charge in [-0.15, -0.1) is 0 Å². The minimum atomic E-state index is 1.13. The minimum Gasteiger partial charge on any atom is -0.351 e. The van der Waals surface area contributed by atoms with E-state index in [1.54, 1.807) is 0 Å². The van der Waals surface area contributed by atoms with Crippen molar-refractivity contribution in [2.24, 2.45) is 4.99 Å². The summed E-state index contributed by atoms with van der Waals surface area (Å²) in [6, 6.07) is 0. The first-order valence-electron chi connectivity index (χ1n) is 5.14. The maximum Gasteiger partial charge on any atom is 0.158 e. The molecule has 0 amide bonds. The number of nitrogens with zero attached hydrogens (tertiary/aromatic N) is 2. The van der Waals surface area contributed by atoms with Crippen molar-refractivity contribution in [1.82, 2.24) is 4.90 Å². The molecule has 1 aliphatic heterocycles. The summed E-state index contributed by atoms with van der Waals surface area (Å²) in [5.74, 6) is 1.13. The van der Waals surface area contributed by atoms with Gasteiger partial charge in [-0.05, 0) is 12.2 Å². The molecule has 0 saturated carbocycles. The number of hydrogen-bond acceptors (Lipinski definition) is 2. The molecule has 0 aromatic rings. The van der Waals surface area contributed by atoms with Gasteiger partial charge >= 0.3 is 0 Å². The Balaban J connectivity index is 0.000000424. The van der Waals surface area contributed by atoms with Gasteiger partial charge in [-0.1, -0.05) is 39.0 Å². The van der Waals surface area contributed by atoms with Crippen LogP contribution in [0.4, 0.5) is 0 Å². The van der Waals surface area contributed by atoms with E-state index in [2.05, 4.69) is 30.7 Å². The van der Waals surface area contributed by atoms with Crippen molar-refractivity contribution in [1.29, 1.82) is 0 Å². The lowest BCUT2D eigenvalue weighted by Gasteiger charge is -2.33. The van der Waals surface area contributed by atoms with Crippen LogP contribution >= 0.6 is 11.8 Å². The number of likely N-dealkylation sites (tertiary alicyclic amines) is 1. The summed E-state index contributed by atoms with van der Waals surface area (Å²) in [6.07, 6.45) is 2.59. The third kappa shape index (κ3) is 5.19. The fourth-order valence-corrected chi connectivity index (χ4v) is 1.69. The van der Waals surface area contributed by atoms with Gasteiger partial charge in [0.1, 0.15) is 0 Å². The Morgan fingerprint density at radius 1 is 1.31 bits per heavy atom. The van der Waals surface area contributed by atoms with Crippen LogP contribution in [0, 0.1) is 0 Å². The highest BCUT2D eigenvalue weighted by Gasteiger charge is 2.16. The van der Waals surface area contributed by atoms with Crippen LogP contribution in [0.25, 0.3) is 0 Å². The standard InChI is InChI=1S/C7H14N2S.C3H8/c1-3-10-7(8-2)9-5-4-6-9;1-3-2/h3-6H2,1-2H3;3H2,1-2H3. The van der Waals surface area contributed by atoms with Crippen LogP contribution in [-0.4, -0.2) is 36.0 Å². The van der Waals surface area contributed by atoms with Gasteiger partial charge in [0.05, 0.1) is 0 Å². The molecular weight excluding hydrogens is 180 g/mol. The van der Waals surface area contributed by atoms with Crippen LogP contribution in [0.1, 0.15) is 33.6 Å². The summed E-state index contributed by atoms with van der Waals surface area (Å²) in [5, 5.41) is 1.22. The molecule has 3 heteroatoms. The van der Waals surface area contributed by atoms with Gasteiger partial charge in [0.2, 0.25) is 0 Å². The van der Waals surface area contributed by atoms with E-state index in [1.165, 1.54) is 31.1 Å². The highest BCUT2D eigenvalue weighted by atomic mass is 32.2. The molecule has 1 saturated heterocycles. The van der Waals surface area contributed by atoms with Gasteiger partial charge in [0.25, 0.3) is 0 Å². The second-order valence-corrected chi connectivity index (χ2v) is 4.22. The first-order valence-corrected chi connectivity index (χ1v) is 6.13. The molecule has 0 radical (unpaired) electrons. The molecule has 2 nitrogen and oxygen atoms in total. The molecule has 0 unspecified atom stereocenters. The topological polar surface area (TPSA) is 15.6 Å². The lowest BCUT2D eigenvalue weighted by molar-refractivity contribution is 0.306. The lowest BCUT2D eigenvalue weighted by atomic mass is 10.2. The van der Waals surface area contributed by atoms with E-state index in [0.717, 1.165) is 5.75 Å². The summed E-state index contributed by atoms with van der Waals surface area (Å²) in [4.78, 5) is 6.53. The Kier molecular flexibility index (Phi) is 8.30. The zero-order chi connectivity index (χ0) is 10.1. The third-order valence-corrected chi connectivity index (χ3v) is 2.58. The second kappa shape index (κ2) is 8.42. The van der Waals surface area contributed by atoms with Gasteiger partial charge in [0.15, 0.2) is 5.17 Å². The van der Waals surface area contributed by atoms with E-state index >= 15 is 0 Å². The molecular formula is C10H22N2S. The number of thioether (sulfide) groups is 1. The Hall–Kier alpha value is -0.180. The van der Waals surface area contributed by atoms with Crippen molar-refractivity contribution in [2.75, 3.05) is 25.9 Å². The SMILES string of the molecule is CCC.CCSC(=NC)N1CCC1. The van der Waals surface area contributed by atoms with Crippen molar-refractivity contribution in [3.05, 3.63) is 0 Å². The van der Waals surface area contributed by atoms with Crippen LogP contribution in [0.5, 0.6) is 0 Å². The molecule has 0 aromatic carbocycles. The average molecular weight is 202 g/mol. The third-order valence-electron chi connectivity index (χ3n) is 1.59. The fourth-order valence-electron chi connectivity index (χ4n) is 0.934. The Morgan fingerprint density at radius 2 is 1.85 bits per heavy atom. The molecule has 0 spiro atoms. The largest absolute Gasteiger partial charge is 0.351 e. The maximum atomic E-state index is 4.21. The van der Waals surface area contributed by atoms with E-state index in [9.17, 15) is 0 Å². The molecule has 0 aromatic heterocycles. The molecule has 1 fully saturated rings. The molecule has 1 rings (SSSR count). The molecule has 1 heterocycles. The molecule has 0 bridgehead atoms. The van der Waals surface area contributed by atoms with Crippen molar-refractivity contribution in [2.45, 2.75) is 33.6 Å². The highest BCUT2D eigenvalue weighted by Crippen LogP contribution is 2.14. The van der Waals surface area contributed by atoms with E-state index < -0.39 is 0 Å². The first kappa shape index (κ1) is 12.8. The number of aliphatic imine (C=N–C) groups is 1. The van der Waals surface area contributed by atoms with Crippen molar-refractivity contribution in [3.8, 4) is 0 Å². The van der Waals surface area contributed by atoms with Crippen LogP contribution in [0.15, 0.2) is 4.99 Å². The van der Waals surface area contributed by atoms with E-state index in [4.69, 9.17) is 0 Å². The van der Waals surface area contributed by atoms with Crippen molar-refractivity contribution in [3.63, 3.8) is 0 Å². The predicted octanol–water partition coefficient (Wildman–Crippen LogP) is 2.85. The lowest BCUT2D eigenvalue weighted by Crippen LogP contribution is -2.40.